The van der Waals surface area contributed by atoms with Crippen molar-refractivity contribution in [2.24, 2.45) is 5.92 Å². The Hall–Kier alpha value is -2.78. The smallest absolute Gasteiger partial charge is 0.243 e. The van der Waals surface area contributed by atoms with Gasteiger partial charge < -0.3 is 10.2 Å². The molecule has 2 fully saturated rings. The molecule has 2 saturated heterocycles. The number of sulfonamides is 1. The first-order chi connectivity index (χ1) is 15.3. The third-order valence-corrected chi connectivity index (χ3v) is 7.94. The second kappa shape index (κ2) is 9.38. The van der Waals surface area contributed by atoms with E-state index in [1.54, 1.807) is 17.0 Å². The fourth-order valence-corrected chi connectivity index (χ4v) is 5.66. The third kappa shape index (κ3) is 4.83. The van der Waals surface area contributed by atoms with E-state index in [2.05, 4.69) is 5.32 Å². The minimum absolute atomic E-state index is 0.0471. The number of benzene rings is 2. The SMILES string of the molecule is O=C(Nc1cccc(N2CCCCC2=O)c1)C1CCN(S(=O)(=O)c2ccc(F)cc2)CC1. The van der Waals surface area contributed by atoms with E-state index < -0.39 is 15.8 Å². The number of nitrogens with one attached hydrogen (secondary N) is 1. The predicted octanol–water partition coefficient (Wildman–Crippen LogP) is 3.38. The van der Waals surface area contributed by atoms with Crippen LogP contribution in [0.5, 0.6) is 0 Å². The summed E-state index contributed by atoms with van der Waals surface area (Å²) < 4.78 is 40.0. The molecule has 0 unspecified atom stereocenters. The molecule has 0 bridgehead atoms. The zero-order chi connectivity index (χ0) is 22.7. The maximum atomic E-state index is 13.1. The second-order valence-corrected chi connectivity index (χ2v) is 10.1. The number of carbonyl (C=O) groups is 2. The average molecular weight is 460 g/mol. The minimum atomic E-state index is -3.71. The van der Waals surface area contributed by atoms with Crippen molar-refractivity contribution in [2.75, 3.05) is 29.9 Å². The summed E-state index contributed by atoms with van der Waals surface area (Å²) in [5.41, 5.74) is 1.39. The van der Waals surface area contributed by atoms with E-state index in [0.29, 0.717) is 31.5 Å². The van der Waals surface area contributed by atoms with E-state index in [0.717, 1.165) is 30.7 Å². The molecule has 2 aliphatic heterocycles. The van der Waals surface area contributed by atoms with Gasteiger partial charge in [-0.1, -0.05) is 6.07 Å². The molecule has 170 valence electrons. The van der Waals surface area contributed by atoms with Crippen LogP contribution in [0.25, 0.3) is 0 Å². The molecule has 2 heterocycles. The summed E-state index contributed by atoms with van der Waals surface area (Å²) >= 11 is 0. The molecule has 0 atom stereocenters. The van der Waals surface area contributed by atoms with Crippen molar-refractivity contribution in [3.63, 3.8) is 0 Å². The molecule has 0 aliphatic carbocycles. The summed E-state index contributed by atoms with van der Waals surface area (Å²) in [7, 11) is -3.71. The Kier molecular flexibility index (Phi) is 6.57. The van der Waals surface area contributed by atoms with Crippen molar-refractivity contribution in [2.45, 2.75) is 37.0 Å². The number of hydrogen-bond donors (Lipinski definition) is 1. The Balaban J connectivity index is 1.36. The number of amides is 2. The van der Waals surface area contributed by atoms with Gasteiger partial charge >= 0.3 is 0 Å². The first-order valence-electron chi connectivity index (χ1n) is 10.8. The van der Waals surface area contributed by atoms with Gasteiger partial charge in [-0.3, -0.25) is 9.59 Å². The molecule has 0 radical (unpaired) electrons. The molecule has 2 amide bonds. The summed E-state index contributed by atoms with van der Waals surface area (Å²) in [6.45, 7) is 1.12. The van der Waals surface area contributed by atoms with Crippen molar-refractivity contribution < 1.29 is 22.4 Å². The Morgan fingerprint density at radius 3 is 2.41 bits per heavy atom. The summed E-state index contributed by atoms with van der Waals surface area (Å²) in [6, 6.07) is 12.0. The molecule has 2 aromatic rings. The average Bonchev–Trinajstić information content (AvgIpc) is 2.80. The highest BCUT2D eigenvalue weighted by atomic mass is 32.2. The molecule has 7 nitrogen and oxygen atoms in total. The first-order valence-corrected chi connectivity index (χ1v) is 12.3. The lowest BCUT2D eigenvalue weighted by atomic mass is 9.97. The second-order valence-electron chi connectivity index (χ2n) is 8.17. The van der Waals surface area contributed by atoms with Crippen LogP contribution in [0.2, 0.25) is 0 Å². The lowest BCUT2D eigenvalue weighted by Crippen LogP contribution is -2.41. The topological polar surface area (TPSA) is 86.8 Å². The highest BCUT2D eigenvalue weighted by Gasteiger charge is 2.32. The van der Waals surface area contributed by atoms with Crippen LogP contribution in [0.4, 0.5) is 15.8 Å². The fourth-order valence-electron chi connectivity index (χ4n) is 4.19. The normalized spacial score (nSPS) is 18.5. The zero-order valence-electron chi connectivity index (χ0n) is 17.7. The van der Waals surface area contributed by atoms with Gasteiger partial charge in [0, 0.05) is 43.3 Å². The van der Waals surface area contributed by atoms with Gasteiger partial charge in [-0.25, -0.2) is 12.8 Å². The zero-order valence-corrected chi connectivity index (χ0v) is 18.5. The summed E-state index contributed by atoms with van der Waals surface area (Å²) in [5.74, 6) is -0.872. The molecular formula is C23H26FN3O4S. The van der Waals surface area contributed by atoms with Crippen LogP contribution in [-0.4, -0.2) is 44.2 Å². The van der Waals surface area contributed by atoms with Crippen molar-refractivity contribution in [1.29, 1.82) is 0 Å². The Labute approximate surface area is 187 Å². The van der Waals surface area contributed by atoms with Crippen LogP contribution in [-0.2, 0) is 19.6 Å². The van der Waals surface area contributed by atoms with Crippen molar-refractivity contribution in [1.82, 2.24) is 4.31 Å². The Morgan fingerprint density at radius 1 is 1.00 bits per heavy atom. The molecular weight excluding hydrogens is 433 g/mol. The summed E-state index contributed by atoms with van der Waals surface area (Å²) in [4.78, 5) is 26.7. The van der Waals surface area contributed by atoms with E-state index in [9.17, 15) is 22.4 Å². The van der Waals surface area contributed by atoms with Crippen molar-refractivity contribution >= 4 is 33.2 Å². The summed E-state index contributed by atoms with van der Waals surface area (Å²) in [6.07, 6.45) is 3.20. The van der Waals surface area contributed by atoms with E-state index in [4.69, 9.17) is 0 Å². The Bertz CT molecular complexity index is 1100. The lowest BCUT2D eigenvalue weighted by molar-refractivity contribution is -0.121. The van der Waals surface area contributed by atoms with E-state index in [-0.39, 0.29) is 35.7 Å². The molecule has 2 aromatic carbocycles. The molecule has 0 spiro atoms. The quantitative estimate of drug-likeness (QED) is 0.743. The number of piperidine rings is 2. The fraction of sp³-hybridized carbons (Fsp3) is 0.391. The third-order valence-electron chi connectivity index (χ3n) is 6.02. The standard InChI is InChI=1S/C23H26FN3O4S/c24-18-7-9-21(10-8-18)32(30,31)26-14-11-17(12-15-26)23(29)25-19-4-3-5-20(16-19)27-13-2-1-6-22(27)28/h3-5,7-10,16-17H,1-2,6,11-15H2,(H,25,29). The van der Waals surface area contributed by atoms with E-state index in [1.807, 2.05) is 12.1 Å². The number of anilines is 2. The monoisotopic (exact) mass is 459 g/mol. The van der Waals surface area contributed by atoms with Gasteiger partial charge in [0.1, 0.15) is 5.82 Å². The van der Waals surface area contributed by atoms with Crippen molar-refractivity contribution in [3.05, 3.63) is 54.3 Å². The van der Waals surface area contributed by atoms with Gasteiger partial charge in [0.2, 0.25) is 21.8 Å². The summed E-state index contributed by atoms with van der Waals surface area (Å²) in [5, 5.41) is 2.91. The Morgan fingerprint density at radius 2 is 1.72 bits per heavy atom. The van der Waals surface area contributed by atoms with Crippen LogP contribution in [0, 0.1) is 11.7 Å². The van der Waals surface area contributed by atoms with Gasteiger partial charge in [-0.15, -0.1) is 0 Å². The van der Waals surface area contributed by atoms with Crippen LogP contribution < -0.4 is 10.2 Å². The largest absolute Gasteiger partial charge is 0.326 e. The molecule has 2 aliphatic rings. The number of carbonyl (C=O) groups excluding carboxylic acids is 2. The number of hydrogen-bond acceptors (Lipinski definition) is 4. The van der Waals surface area contributed by atoms with Crippen LogP contribution >= 0.6 is 0 Å². The predicted molar refractivity (Wildman–Crippen MR) is 119 cm³/mol. The van der Waals surface area contributed by atoms with Gasteiger partial charge in [0.25, 0.3) is 0 Å². The molecule has 0 aromatic heterocycles. The number of nitrogens with zero attached hydrogens (tertiary/aromatic N) is 2. The highest BCUT2D eigenvalue weighted by molar-refractivity contribution is 7.89. The van der Waals surface area contributed by atoms with Crippen LogP contribution in [0.1, 0.15) is 32.1 Å². The van der Waals surface area contributed by atoms with Gasteiger partial charge in [-0.05, 0) is 68.1 Å². The van der Waals surface area contributed by atoms with E-state index in [1.165, 1.54) is 16.4 Å². The molecule has 1 N–H and O–H groups in total. The maximum Gasteiger partial charge on any atom is 0.243 e. The highest BCUT2D eigenvalue weighted by Crippen LogP contribution is 2.27. The van der Waals surface area contributed by atoms with E-state index >= 15 is 0 Å². The van der Waals surface area contributed by atoms with Gasteiger partial charge in [0.05, 0.1) is 4.90 Å². The molecule has 4 rings (SSSR count). The molecule has 32 heavy (non-hydrogen) atoms. The lowest BCUT2D eigenvalue weighted by Gasteiger charge is -2.30. The van der Waals surface area contributed by atoms with Gasteiger partial charge in [-0.2, -0.15) is 4.31 Å². The van der Waals surface area contributed by atoms with Crippen LogP contribution in [0.3, 0.4) is 0 Å². The van der Waals surface area contributed by atoms with Gasteiger partial charge in [0.15, 0.2) is 0 Å². The van der Waals surface area contributed by atoms with Crippen molar-refractivity contribution in [3.8, 4) is 0 Å². The first kappa shape index (κ1) is 22.4. The number of halogens is 1. The number of rotatable bonds is 5. The molecule has 0 saturated carbocycles. The maximum absolute atomic E-state index is 13.1. The molecule has 9 heteroatoms. The minimum Gasteiger partial charge on any atom is -0.326 e. The van der Waals surface area contributed by atoms with Crippen LogP contribution in [0.15, 0.2) is 53.4 Å².